The quantitative estimate of drug-likeness (QED) is 0.927. The van der Waals surface area contributed by atoms with Gasteiger partial charge >= 0.3 is 0 Å². The average molecular weight is 291 g/mol. The fourth-order valence-corrected chi connectivity index (χ4v) is 3.25. The zero-order chi connectivity index (χ0) is 14.8. The van der Waals surface area contributed by atoms with E-state index in [0.29, 0.717) is 5.75 Å². The Kier molecular flexibility index (Phi) is 3.76. The fraction of sp³-hybridized carbons (Fsp3) is 0.0714. The molecule has 2 aromatic carbocycles. The minimum absolute atomic E-state index is 0.0247. The lowest BCUT2D eigenvalue weighted by Gasteiger charge is -2.08. The SMILES string of the molecule is COc1ccc(S(=O)(=O)c2ccccc2C(N)=O)cc1. The highest BCUT2D eigenvalue weighted by atomic mass is 32.2. The Hall–Kier alpha value is -2.34. The Balaban J connectivity index is 2.57. The second-order valence-electron chi connectivity index (χ2n) is 4.04. The van der Waals surface area contributed by atoms with E-state index in [-0.39, 0.29) is 15.4 Å². The molecule has 0 aliphatic carbocycles. The Morgan fingerprint density at radius 3 is 2.20 bits per heavy atom. The summed E-state index contributed by atoms with van der Waals surface area (Å²) in [5, 5.41) is 0. The van der Waals surface area contributed by atoms with Crippen molar-refractivity contribution in [3.63, 3.8) is 0 Å². The van der Waals surface area contributed by atoms with Crippen molar-refractivity contribution >= 4 is 15.7 Å². The number of carbonyl (C=O) groups is 1. The van der Waals surface area contributed by atoms with Gasteiger partial charge in [0.2, 0.25) is 15.7 Å². The summed E-state index contributed by atoms with van der Waals surface area (Å²) < 4.78 is 30.0. The second kappa shape index (κ2) is 5.34. The second-order valence-corrected chi connectivity index (χ2v) is 5.96. The number of benzene rings is 2. The number of hydrogen-bond donors (Lipinski definition) is 1. The maximum absolute atomic E-state index is 12.5. The van der Waals surface area contributed by atoms with Gasteiger partial charge in [0.15, 0.2) is 0 Å². The van der Waals surface area contributed by atoms with Crippen molar-refractivity contribution in [1.29, 1.82) is 0 Å². The lowest BCUT2D eigenvalue weighted by atomic mass is 10.2. The normalized spacial score (nSPS) is 11.1. The van der Waals surface area contributed by atoms with Crippen molar-refractivity contribution in [3.8, 4) is 5.75 Å². The molecule has 0 aromatic heterocycles. The van der Waals surface area contributed by atoms with E-state index >= 15 is 0 Å². The molecule has 2 rings (SSSR count). The molecule has 0 bridgehead atoms. The van der Waals surface area contributed by atoms with Gasteiger partial charge in [-0.05, 0) is 36.4 Å². The molecular weight excluding hydrogens is 278 g/mol. The predicted molar refractivity (Wildman–Crippen MR) is 73.4 cm³/mol. The van der Waals surface area contributed by atoms with E-state index in [1.165, 1.54) is 31.4 Å². The summed E-state index contributed by atoms with van der Waals surface area (Å²) in [6, 6.07) is 11.8. The lowest BCUT2D eigenvalue weighted by Crippen LogP contribution is -2.16. The van der Waals surface area contributed by atoms with Gasteiger partial charge in [0.25, 0.3) is 0 Å². The van der Waals surface area contributed by atoms with Crippen LogP contribution in [-0.4, -0.2) is 21.4 Å². The van der Waals surface area contributed by atoms with E-state index in [1.54, 1.807) is 24.3 Å². The third-order valence-corrected chi connectivity index (χ3v) is 4.64. The van der Waals surface area contributed by atoms with E-state index in [4.69, 9.17) is 10.5 Å². The van der Waals surface area contributed by atoms with Crippen LogP contribution in [0.25, 0.3) is 0 Å². The number of amides is 1. The van der Waals surface area contributed by atoms with Crippen LogP contribution in [0.5, 0.6) is 5.75 Å². The van der Waals surface area contributed by atoms with Crippen LogP contribution in [-0.2, 0) is 9.84 Å². The third kappa shape index (κ3) is 2.50. The molecule has 0 heterocycles. The van der Waals surface area contributed by atoms with Crippen molar-refractivity contribution in [3.05, 3.63) is 54.1 Å². The van der Waals surface area contributed by atoms with Gasteiger partial charge in [0, 0.05) is 0 Å². The van der Waals surface area contributed by atoms with Gasteiger partial charge in [-0.25, -0.2) is 8.42 Å². The van der Waals surface area contributed by atoms with Crippen LogP contribution in [0.4, 0.5) is 0 Å². The highest BCUT2D eigenvalue weighted by molar-refractivity contribution is 7.91. The van der Waals surface area contributed by atoms with Crippen LogP contribution in [0.15, 0.2) is 58.3 Å². The number of primary amides is 1. The molecule has 0 fully saturated rings. The number of methoxy groups -OCH3 is 1. The summed E-state index contributed by atoms with van der Waals surface area (Å²) >= 11 is 0. The van der Waals surface area contributed by atoms with Gasteiger partial charge in [-0.15, -0.1) is 0 Å². The number of ether oxygens (including phenoxy) is 1. The first kappa shape index (κ1) is 14.1. The van der Waals surface area contributed by atoms with E-state index in [0.717, 1.165) is 0 Å². The largest absolute Gasteiger partial charge is 0.497 e. The standard InChI is InChI=1S/C14H13NO4S/c1-19-10-6-8-11(9-7-10)20(17,18)13-5-3-2-4-12(13)14(15)16/h2-9H,1H3,(H2,15,16). The average Bonchev–Trinajstić information content (AvgIpc) is 2.47. The number of sulfone groups is 1. The smallest absolute Gasteiger partial charge is 0.250 e. The first-order chi connectivity index (χ1) is 9.46. The Morgan fingerprint density at radius 1 is 1.05 bits per heavy atom. The summed E-state index contributed by atoms with van der Waals surface area (Å²) in [5.74, 6) is -0.232. The molecule has 20 heavy (non-hydrogen) atoms. The topological polar surface area (TPSA) is 86.5 Å². The molecule has 0 aliphatic heterocycles. The molecule has 0 saturated heterocycles. The fourth-order valence-electron chi connectivity index (χ4n) is 1.79. The summed E-state index contributed by atoms with van der Waals surface area (Å²) in [7, 11) is -2.30. The van der Waals surface area contributed by atoms with E-state index in [1.807, 2.05) is 0 Å². The number of carbonyl (C=O) groups excluding carboxylic acids is 1. The molecule has 104 valence electrons. The van der Waals surface area contributed by atoms with Gasteiger partial charge in [0.1, 0.15) is 5.75 Å². The van der Waals surface area contributed by atoms with Crippen LogP contribution in [0, 0.1) is 0 Å². The van der Waals surface area contributed by atoms with Crippen molar-refractivity contribution in [2.24, 2.45) is 5.73 Å². The molecule has 5 nitrogen and oxygen atoms in total. The maximum atomic E-state index is 12.5. The molecule has 2 N–H and O–H groups in total. The first-order valence-corrected chi connectivity index (χ1v) is 7.23. The molecule has 2 aromatic rings. The van der Waals surface area contributed by atoms with Gasteiger partial charge in [-0.3, -0.25) is 4.79 Å². The first-order valence-electron chi connectivity index (χ1n) is 5.75. The lowest BCUT2D eigenvalue weighted by molar-refractivity contribution is 0.0997. The van der Waals surface area contributed by atoms with Crippen molar-refractivity contribution in [2.45, 2.75) is 9.79 Å². The van der Waals surface area contributed by atoms with Gasteiger partial charge in [-0.1, -0.05) is 12.1 Å². The van der Waals surface area contributed by atoms with Gasteiger partial charge in [0.05, 0.1) is 22.5 Å². The van der Waals surface area contributed by atoms with Gasteiger partial charge < -0.3 is 10.5 Å². The molecule has 0 aliphatic rings. The van der Waals surface area contributed by atoms with Crippen molar-refractivity contribution in [1.82, 2.24) is 0 Å². The molecule has 0 unspecified atom stereocenters. The summed E-state index contributed by atoms with van der Waals surface area (Å²) in [6.07, 6.45) is 0. The van der Waals surface area contributed by atoms with Crippen LogP contribution in [0.3, 0.4) is 0 Å². The Bertz CT molecular complexity index is 736. The number of hydrogen-bond acceptors (Lipinski definition) is 4. The van der Waals surface area contributed by atoms with Crippen molar-refractivity contribution < 1.29 is 17.9 Å². The number of nitrogens with two attached hydrogens (primary N) is 1. The molecule has 0 saturated carbocycles. The highest BCUT2D eigenvalue weighted by Gasteiger charge is 2.23. The molecule has 0 radical (unpaired) electrons. The summed E-state index contributed by atoms with van der Waals surface area (Å²) in [5.41, 5.74) is 5.19. The van der Waals surface area contributed by atoms with E-state index < -0.39 is 15.7 Å². The van der Waals surface area contributed by atoms with E-state index in [9.17, 15) is 13.2 Å². The van der Waals surface area contributed by atoms with Crippen LogP contribution in [0.1, 0.15) is 10.4 Å². The van der Waals surface area contributed by atoms with Gasteiger partial charge in [-0.2, -0.15) is 0 Å². The summed E-state index contributed by atoms with van der Waals surface area (Å²) in [6.45, 7) is 0. The maximum Gasteiger partial charge on any atom is 0.250 e. The molecule has 6 heteroatoms. The van der Waals surface area contributed by atoms with Crippen LogP contribution >= 0.6 is 0 Å². The predicted octanol–water partition coefficient (Wildman–Crippen LogP) is 1.63. The summed E-state index contributed by atoms with van der Waals surface area (Å²) in [4.78, 5) is 11.3. The Labute approximate surface area is 116 Å². The molecule has 0 atom stereocenters. The molecule has 0 spiro atoms. The zero-order valence-corrected chi connectivity index (χ0v) is 11.6. The van der Waals surface area contributed by atoms with E-state index in [2.05, 4.69) is 0 Å². The Morgan fingerprint density at radius 2 is 1.65 bits per heavy atom. The third-order valence-electron chi connectivity index (χ3n) is 2.81. The zero-order valence-electron chi connectivity index (χ0n) is 10.7. The molecule has 1 amide bonds. The minimum atomic E-state index is -3.80. The van der Waals surface area contributed by atoms with Crippen LogP contribution < -0.4 is 10.5 Å². The highest BCUT2D eigenvalue weighted by Crippen LogP contribution is 2.25. The molecular formula is C14H13NO4S. The van der Waals surface area contributed by atoms with Crippen LogP contribution in [0.2, 0.25) is 0 Å². The minimum Gasteiger partial charge on any atom is -0.497 e. The van der Waals surface area contributed by atoms with Crippen molar-refractivity contribution in [2.75, 3.05) is 7.11 Å². The monoisotopic (exact) mass is 291 g/mol. The number of rotatable bonds is 4.